The van der Waals surface area contributed by atoms with Gasteiger partial charge in [-0.1, -0.05) is 24.3 Å². The predicted octanol–water partition coefficient (Wildman–Crippen LogP) is 4.93. The third kappa shape index (κ3) is 6.38. The highest BCUT2D eigenvalue weighted by Gasteiger charge is 2.41. The van der Waals surface area contributed by atoms with E-state index in [2.05, 4.69) is 5.32 Å². The van der Waals surface area contributed by atoms with Crippen molar-refractivity contribution < 1.29 is 32.2 Å². The molecule has 7 nitrogen and oxygen atoms in total. The summed E-state index contributed by atoms with van der Waals surface area (Å²) in [6, 6.07) is 14.1. The monoisotopic (exact) mass is 581 g/mol. The molecule has 0 radical (unpaired) electrons. The number of benzene rings is 3. The molecule has 0 aromatic heterocycles. The minimum atomic E-state index is -1.34. The molecule has 1 aliphatic heterocycles. The number of rotatable bonds is 11. The SMILES string of the molecule is COc1cccc(CN(C(=O)[C@H]2CNCC(=O)N2c2ccc(CCCOc3c(F)ccc(F)c3F)cc2)C2CC2)c1C. The largest absolute Gasteiger partial charge is 0.496 e. The van der Waals surface area contributed by atoms with Gasteiger partial charge in [0, 0.05) is 24.8 Å². The quantitative estimate of drug-likeness (QED) is 0.257. The fourth-order valence-corrected chi connectivity index (χ4v) is 5.30. The number of anilines is 1. The smallest absolute Gasteiger partial charge is 0.247 e. The molecular weight excluding hydrogens is 547 g/mol. The summed E-state index contributed by atoms with van der Waals surface area (Å²) in [6.07, 6.45) is 2.83. The standard InChI is InChI=1S/C32H34F3N3O4/c1-20-22(6-3-7-28(20)41-2)19-37(23-12-13-23)32(40)27-17-36-18-29(39)38(27)24-10-8-21(9-11-24)5-4-16-42-31-26(34)15-14-25(33)30(31)35/h3,6-11,14-15,23,27,36H,4-5,12-13,16-19H2,1-2H3/t27-/m1/s1. The molecule has 1 aliphatic carbocycles. The van der Waals surface area contributed by atoms with E-state index in [1.54, 1.807) is 24.1 Å². The lowest BCUT2D eigenvalue weighted by atomic mass is 10.0. The first kappa shape index (κ1) is 29.4. The molecule has 0 unspecified atom stereocenters. The Hall–Kier alpha value is -4.05. The number of carbonyl (C=O) groups excluding carboxylic acids is 2. The van der Waals surface area contributed by atoms with Crippen molar-refractivity contribution in [2.24, 2.45) is 0 Å². The zero-order valence-corrected chi connectivity index (χ0v) is 23.7. The van der Waals surface area contributed by atoms with Crippen molar-refractivity contribution in [3.05, 3.63) is 88.7 Å². The van der Waals surface area contributed by atoms with E-state index in [0.717, 1.165) is 41.3 Å². The van der Waals surface area contributed by atoms with E-state index >= 15 is 0 Å². The maximum absolute atomic E-state index is 14.0. The molecule has 5 rings (SSSR count). The second kappa shape index (κ2) is 12.9. The molecule has 0 bridgehead atoms. The van der Waals surface area contributed by atoms with Crippen LogP contribution >= 0.6 is 0 Å². The van der Waals surface area contributed by atoms with Crippen LogP contribution in [0.25, 0.3) is 0 Å². The van der Waals surface area contributed by atoms with Crippen LogP contribution in [0.5, 0.6) is 11.5 Å². The zero-order chi connectivity index (χ0) is 29.8. The molecular formula is C32H34F3N3O4. The summed E-state index contributed by atoms with van der Waals surface area (Å²) < 4.78 is 51.6. The third-order valence-corrected chi connectivity index (χ3v) is 7.78. The highest BCUT2D eigenvalue weighted by molar-refractivity contribution is 6.03. The first-order chi connectivity index (χ1) is 20.3. The Labute approximate surface area is 243 Å². The number of aryl methyl sites for hydroxylation is 1. The highest BCUT2D eigenvalue weighted by atomic mass is 19.2. The molecule has 10 heteroatoms. The van der Waals surface area contributed by atoms with Crippen molar-refractivity contribution in [1.29, 1.82) is 0 Å². The summed E-state index contributed by atoms with van der Waals surface area (Å²) >= 11 is 0. The highest BCUT2D eigenvalue weighted by Crippen LogP contribution is 2.33. The number of halogens is 3. The number of nitrogens with zero attached hydrogens (tertiary/aromatic N) is 2. The van der Waals surface area contributed by atoms with Gasteiger partial charge in [0.15, 0.2) is 17.4 Å². The third-order valence-electron chi connectivity index (χ3n) is 7.78. The zero-order valence-electron chi connectivity index (χ0n) is 23.7. The van der Waals surface area contributed by atoms with Gasteiger partial charge in [-0.25, -0.2) is 8.78 Å². The second-order valence-electron chi connectivity index (χ2n) is 10.6. The van der Waals surface area contributed by atoms with Gasteiger partial charge in [-0.05, 0) is 79.6 Å². The molecule has 0 spiro atoms. The number of methoxy groups -OCH3 is 1. The molecule has 1 saturated heterocycles. The van der Waals surface area contributed by atoms with Crippen LogP contribution in [0.3, 0.4) is 0 Å². The predicted molar refractivity (Wildman–Crippen MR) is 152 cm³/mol. The lowest BCUT2D eigenvalue weighted by molar-refractivity contribution is -0.136. The van der Waals surface area contributed by atoms with Crippen LogP contribution in [0.4, 0.5) is 18.9 Å². The van der Waals surface area contributed by atoms with Crippen LogP contribution in [-0.4, -0.2) is 55.6 Å². The molecule has 2 amide bonds. The average Bonchev–Trinajstić information content (AvgIpc) is 3.84. The molecule has 2 fully saturated rings. The van der Waals surface area contributed by atoms with Gasteiger partial charge < -0.3 is 19.7 Å². The van der Waals surface area contributed by atoms with E-state index in [-0.39, 0.29) is 31.0 Å². The fraction of sp³-hybridized carbons (Fsp3) is 0.375. The van der Waals surface area contributed by atoms with Gasteiger partial charge in [-0.15, -0.1) is 0 Å². The molecule has 3 aromatic rings. The Kier molecular flexibility index (Phi) is 9.01. The van der Waals surface area contributed by atoms with E-state index in [0.29, 0.717) is 37.7 Å². The Morgan fingerprint density at radius 1 is 1.05 bits per heavy atom. The number of amides is 2. The lowest BCUT2D eigenvalue weighted by Gasteiger charge is -2.38. The summed E-state index contributed by atoms with van der Waals surface area (Å²) in [5, 5.41) is 3.09. The van der Waals surface area contributed by atoms with Crippen molar-refractivity contribution in [1.82, 2.24) is 10.2 Å². The molecule has 1 N–H and O–H groups in total. The number of hydrogen-bond acceptors (Lipinski definition) is 5. The van der Waals surface area contributed by atoms with E-state index in [1.165, 1.54) is 0 Å². The van der Waals surface area contributed by atoms with Crippen LogP contribution in [0.15, 0.2) is 54.6 Å². The van der Waals surface area contributed by atoms with Crippen LogP contribution in [0.1, 0.15) is 36.0 Å². The molecule has 1 saturated carbocycles. The van der Waals surface area contributed by atoms with Gasteiger partial charge in [0.1, 0.15) is 11.8 Å². The summed E-state index contributed by atoms with van der Waals surface area (Å²) in [4.78, 5) is 30.5. The van der Waals surface area contributed by atoms with Gasteiger partial charge in [0.25, 0.3) is 0 Å². The molecule has 2 aliphatic rings. The van der Waals surface area contributed by atoms with Crippen LogP contribution in [0, 0.1) is 24.4 Å². The fourth-order valence-electron chi connectivity index (χ4n) is 5.30. The van der Waals surface area contributed by atoms with Crippen molar-refractivity contribution in [2.45, 2.75) is 51.2 Å². The minimum Gasteiger partial charge on any atom is -0.496 e. The summed E-state index contributed by atoms with van der Waals surface area (Å²) in [5.41, 5.74) is 3.53. The molecule has 1 heterocycles. The van der Waals surface area contributed by atoms with Crippen molar-refractivity contribution in [3.8, 4) is 11.5 Å². The minimum absolute atomic E-state index is 0.00430. The normalized spacial score (nSPS) is 16.8. The first-order valence-corrected chi connectivity index (χ1v) is 14.1. The lowest BCUT2D eigenvalue weighted by Crippen LogP contribution is -2.61. The molecule has 42 heavy (non-hydrogen) atoms. The Morgan fingerprint density at radius 3 is 2.50 bits per heavy atom. The number of nitrogens with one attached hydrogen (secondary N) is 1. The van der Waals surface area contributed by atoms with E-state index in [9.17, 15) is 22.8 Å². The maximum Gasteiger partial charge on any atom is 0.247 e. The van der Waals surface area contributed by atoms with Crippen molar-refractivity contribution in [3.63, 3.8) is 0 Å². The van der Waals surface area contributed by atoms with Crippen LogP contribution in [-0.2, 0) is 22.6 Å². The Balaban J connectivity index is 1.25. The summed E-state index contributed by atoms with van der Waals surface area (Å²) in [6.45, 7) is 2.89. The Bertz CT molecular complexity index is 1450. The number of piperazine rings is 1. The van der Waals surface area contributed by atoms with Crippen molar-refractivity contribution >= 4 is 17.5 Å². The maximum atomic E-state index is 14.0. The molecule has 3 aromatic carbocycles. The van der Waals surface area contributed by atoms with Crippen molar-refractivity contribution in [2.75, 3.05) is 31.7 Å². The van der Waals surface area contributed by atoms with Gasteiger partial charge in [0.05, 0.1) is 20.3 Å². The first-order valence-electron chi connectivity index (χ1n) is 14.1. The number of carbonyl (C=O) groups is 2. The van der Waals surface area contributed by atoms with E-state index in [1.807, 2.05) is 42.2 Å². The number of ether oxygens (including phenoxy) is 2. The van der Waals surface area contributed by atoms with Gasteiger partial charge >= 0.3 is 0 Å². The molecule has 1 atom stereocenters. The van der Waals surface area contributed by atoms with Crippen LogP contribution in [0.2, 0.25) is 0 Å². The Morgan fingerprint density at radius 2 is 1.79 bits per heavy atom. The summed E-state index contributed by atoms with van der Waals surface area (Å²) in [5.74, 6) is -3.71. The number of hydrogen-bond donors (Lipinski definition) is 1. The topological polar surface area (TPSA) is 71.1 Å². The average molecular weight is 582 g/mol. The van der Waals surface area contributed by atoms with E-state index < -0.39 is 29.2 Å². The van der Waals surface area contributed by atoms with Gasteiger partial charge in [0.2, 0.25) is 17.6 Å². The van der Waals surface area contributed by atoms with E-state index in [4.69, 9.17) is 9.47 Å². The second-order valence-corrected chi connectivity index (χ2v) is 10.6. The van der Waals surface area contributed by atoms with Gasteiger partial charge in [-0.3, -0.25) is 14.5 Å². The molecule has 222 valence electrons. The van der Waals surface area contributed by atoms with Crippen LogP contribution < -0.4 is 19.7 Å². The van der Waals surface area contributed by atoms with Gasteiger partial charge in [-0.2, -0.15) is 4.39 Å². The summed E-state index contributed by atoms with van der Waals surface area (Å²) in [7, 11) is 1.63.